The third-order valence-electron chi connectivity index (χ3n) is 2.82. The van der Waals surface area contributed by atoms with E-state index < -0.39 is 0 Å². The van der Waals surface area contributed by atoms with E-state index in [0.29, 0.717) is 12.1 Å². The number of hydrogen-bond donors (Lipinski definition) is 2. The first kappa shape index (κ1) is 15.8. The molecule has 0 aliphatic heterocycles. The zero-order valence-corrected chi connectivity index (χ0v) is 13.7. The first-order valence-corrected chi connectivity index (χ1v) is 8.43. The predicted octanol–water partition coefficient (Wildman–Crippen LogP) is 3.25. The van der Waals surface area contributed by atoms with Crippen molar-refractivity contribution in [2.45, 2.75) is 31.0 Å². The standard InChI is InChI=1S/C14H18N4OS2/c1-9-5-6-11(15)8-12(9)16-13(19)4-3-7-20-14-18-17-10(2)21-14/h5-6,8H,3-4,7,15H2,1-2H3,(H,16,19). The number of thioether (sulfide) groups is 1. The van der Waals surface area contributed by atoms with Crippen molar-refractivity contribution < 1.29 is 4.79 Å². The van der Waals surface area contributed by atoms with Crippen LogP contribution in [0.1, 0.15) is 23.4 Å². The lowest BCUT2D eigenvalue weighted by molar-refractivity contribution is -0.116. The topological polar surface area (TPSA) is 80.9 Å². The molecule has 112 valence electrons. The number of hydrogen-bond acceptors (Lipinski definition) is 6. The summed E-state index contributed by atoms with van der Waals surface area (Å²) < 4.78 is 0.958. The van der Waals surface area contributed by atoms with Crippen LogP contribution in [0.25, 0.3) is 0 Å². The fraction of sp³-hybridized carbons (Fsp3) is 0.357. The van der Waals surface area contributed by atoms with Crippen molar-refractivity contribution in [3.8, 4) is 0 Å². The van der Waals surface area contributed by atoms with E-state index >= 15 is 0 Å². The van der Waals surface area contributed by atoms with Crippen LogP contribution in [0.2, 0.25) is 0 Å². The Hall–Kier alpha value is -1.60. The number of amides is 1. The first-order chi connectivity index (χ1) is 10.0. The summed E-state index contributed by atoms with van der Waals surface area (Å²) >= 11 is 3.22. The fourth-order valence-electron chi connectivity index (χ4n) is 1.72. The van der Waals surface area contributed by atoms with Gasteiger partial charge in [-0.25, -0.2) is 0 Å². The molecule has 0 atom stereocenters. The molecule has 0 unspecified atom stereocenters. The molecule has 2 aromatic rings. The highest BCUT2D eigenvalue weighted by Crippen LogP contribution is 2.23. The Bertz CT molecular complexity index is 627. The number of aromatic nitrogens is 2. The van der Waals surface area contributed by atoms with Gasteiger partial charge in [-0.05, 0) is 38.0 Å². The molecule has 0 saturated carbocycles. The number of carbonyl (C=O) groups is 1. The van der Waals surface area contributed by atoms with Crippen molar-refractivity contribution in [2.24, 2.45) is 0 Å². The molecule has 0 bridgehead atoms. The molecule has 21 heavy (non-hydrogen) atoms. The van der Waals surface area contributed by atoms with Gasteiger partial charge in [0.05, 0.1) is 0 Å². The summed E-state index contributed by atoms with van der Waals surface area (Å²) in [6.07, 6.45) is 1.29. The van der Waals surface area contributed by atoms with Gasteiger partial charge >= 0.3 is 0 Å². The Labute approximate surface area is 132 Å². The van der Waals surface area contributed by atoms with Crippen molar-refractivity contribution in [2.75, 3.05) is 16.8 Å². The van der Waals surface area contributed by atoms with Gasteiger partial charge in [0.25, 0.3) is 0 Å². The van der Waals surface area contributed by atoms with Gasteiger partial charge in [0, 0.05) is 23.5 Å². The molecule has 2 rings (SSSR count). The monoisotopic (exact) mass is 322 g/mol. The third kappa shape index (κ3) is 5.02. The molecule has 0 fully saturated rings. The zero-order chi connectivity index (χ0) is 15.2. The minimum Gasteiger partial charge on any atom is -0.399 e. The summed E-state index contributed by atoms with van der Waals surface area (Å²) in [5.41, 5.74) is 8.17. The number of nitrogen functional groups attached to an aromatic ring is 1. The Morgan fingerprint density at radius 3 is 2.90 bits per heavy atom. The number of carbonyl (C=O) groups excluding carboxylic acids is 1. The maximum atomic E-state index is 11.9. The summed E-state index contributed by atoms with van der Waals surface area (Å²) in [5, 5.41) is 11.9. The van der Waals surface area contributed by atoms with Gasteiger partial charge in [0.2, 0.25) is 5.91 Å². The van der Waals surface area contributed by atoms with E-state index in [4.69, 9.17) is 5.73 Å². The summed E-state index contributed by atoms with van der Waals surface area (Å²) in [5.74, 6) is 0.871. The molecule has 0 spiro atoms. The molecular weight excluding hydrogens is 304 g/mol. The number of rotatable bonds is 6. The maximum absolute atomic E-state index is 11.9. The highest BCUT2D eigenvalue weighted by Gasteiger charge is 2.06. The lowest BCUT2D eigenvalue weighted by atomic mass is 10.1. The number of nitrogens with two attached hydrogens (primary N) is 1. The Morgan fingerprint density at radius 1 is 1.38 bits per heavy atom. The average molecular weight is 322 g/mol. The zero-order valence-electron chi connectivity index (χ0n) is 12.0. The second-order valence-corrected chi connectivity index (χ2v) is 7.19. The number of nitrogens with one attached hydrogen (secondary N) is 1. The Kier molecular flexibility index (Phi) is 5.58. The van der Waals surface area contributed by atoms with Crippen LogP contribution in [0.4, 0.5) is 11.4 Å². The molecule has 1 aromatic heterocycles. The molecule has 7 heteroatoms. The molecule has 0 aliphatic carbocycles. The molecule has 1 heterocycles. The highest BCUT2D eigenvalue weighted by molar-refractivity contribution is 8.01. The number of benzene rings is 1. The van der Waals surface area contributed by atoms with Gasteiger partial charge in [-0.15, -0.1) is 10.2 Å². The van der Waals surface area contributed by atoms with E-state index in [0.717, 1.165) is 32.8 Å². The average Bonchev–Trinajstić information content (AvgIpc) is 2.85. The van der Waals surface area contributed by atoms with E-state index in [1.807, 2.05) is 26.0 Å². The predicted molar refractivity (Wildman–Crippen MR) is 88.8 cm³/mol. The Balaban J connectivity index is 1.73. The van der Waals surface area contributed by atoms with Crippen LogP contribution >= 0.6 is 23.1 Å². The van der Waals surface area contributed by atoms with Gasteiger partial charge < -0.3 is 11.1 Å². The lowest BCUT2D eigenvalue weighted by Gasteiger charge is -2.09. The number of aryl methyl sites for hydroxylation is 2. The largest absolute Gasteiger partial charge is 0.399 e. The van der Waals surface area contributed by atoms with E-state index in [1.165, 1.54) is 0 Å². The van der Waals surface area contributed by atoms with Crippen molar-refractivity contribution in [1.29, 1.82) is 0 Å². The summed E-state index contributed by atoms with van der Waals surface area (Å²) in [6.45, 7) is 3.88. The minimum absolute atomic E-state index is 0.0118. The van der Waals surface area contributed by atoms with E-state index in [1.54, 1.807) is 29.2 Å². The van der Waals surface area contributed by atoms with Crippen molar-refractivity contribution in [3.05, 3.63) is 28.8 Å². The SMILES string of the molecule is Cc1nnc(SCCCC(=O)Nc2cc(N)ccc2C)s1. The van der Waals surface area contributed by atoms with Gasteiger partial charge in [-0.2, -0.15) is 0 Å². The molecule has 0 radical (unpaired) electrons. The van der Waals surface area contributed by atoms with Crippen LogP contribution < -0.4 is 11.1 Å². The van der Waals surface area contributed by atoms with E-state index in [-0.39, 0.29) is 5.91 Å². The normalized spacial score (nSPS) is 10.6. The third-order valence-corrected chi connectivity index (χ3v) is 4.88. The minimum atomic E-state index is 0.0118. The molecule has 0 aliphatic rings. The van der Waals surface area contributed by atoms with Crippen LogP contribution in [0.15, 0.2) is 22.5 Å². The number of nitrogens with zero attached hydrogens (tertiary/aromatic N) is 2. The summed E-state index contributed by atoms with van der Waals surface area (Å²) in [6, 6.07) is 5.51. The smallest absolute Gasteiger partial charge is 0.224 e. The van der Waals surface area contributed by atoms with E-state index in [2.05, 4.69) is 15.5 Å². The number of anilines is 2. The van der Waals surface area contributed by atoms with Crippen LogP contribution in [-0.4, -0.2) is 21.9 Å². The first-order valence-electron chi connectivity index (χ1n) is 6.63. The van der Waals surface area contributed by atoms with Crippen LogP contribution in [0.5, 0.6) is 0 Å². The molecule has 1 aromatic carbocycles. The van der Waals surface area contributed by atoms with E-state index in [9.17, 15) is 4.79 Å². The second kappa shape index (κ2) is 7.42. The van der Waals surface area contributed by atoms with Gasteiger partial charge in [0.1, 0.15) is 5.01 Å². The van der Waals surface area contributed by atoms with Gasteiger partial charge in [-0.1, -0.05) is 29.2 Å². The Morgan fingerprint density at radius 2 is 2.19 bits per heavy atom. The van der Waals surface area contributed by atoms with Crippen molar-refractivity contribution in [1.82, 2.24) is 10.2 Å². The lowest BCUT2D eigenvalue weighted by Crippen LogP contribution is -2.12. The molecule has 0 saturated heterocycles. The maximum Gasteiger partial charge on any atom is 0.224 e. The van der Waals surface area contributed by atoms with Gasteiger partial charge in [0.15, 0.2) is 4.34 Å². The fourth-order valence-corrected chi connectivity index (χ4v) is 3.54. The molecular formula is C14H18N4OS2. The van der Waals surface area contributed by atoms with Gasteiger partial charge in [-0.3, -0.25) is 4.79 Å². The second-order valence-electron chi connectivity index (χ2n) is 4.66. The molecule has 1 amide bonds. The molecule has 5 nitrogen and oxygen atoms in total. The highest BCUT2D eigenvalue weighted by atomic mass is 32.2. The summed E-state index contributed by atoms with van der Waals surface area (Å²) in [7, 11) is 0. The van der Waals surface area contributed by atoms with Crippen molar-refractivity contribution >= 4 is 40.4 Å². The molecule has 3 N–H and O–H groups in total. The van der Waals surface area contributed by atoms with Crippen LogP contribution in [-0.2, 0) is 4.79 Å². The van der Waals surface area contributed by atoms with Crippen LogP contribution in [0.3, 0.4) is 0 Å². The van der Waals surface area contributed by atoms with Crippen molar-refractivity contribution in [3.63, 3.8) is 0 Å². The quantitative estimate of drug-likeness (QED) is 0.485. The van der Waals surface area contributed by atoms with Crippen LogP contribution in [0, 0.1) is 13.8 Å². The summed E-state index contributed by atoms with van der Waals surface area (Å²) in [4.78, 5) is 11.9.